The first-order chi connectivity index (χ1) is 5.52. The minimum atomic E-state index is -1.40. The third-order valence-electron chi connectivity index (χ3n) is 1.63. The summed E-state index contributed by atoms with van der Waals surface area (Å²) in [7, 11) is -1.40. The van der Waals surface area contributed by atoms with E-state index in [0.717, 1.165) is 6.04 Å². The quantitative estimate of drug-likeness (QED) is 0.374. The van der Waals surface area contributed by atoms with Crippen LogP contribution in [0.5, 0.6) is 0 Å². The predicted molar refractivity (Wildman–Crippen MR) is 53.9 cm³/mol. The molecule has 70 valence electrons. The summed E-state index contributed by atoms with van der Waals surface area (Å²) >= 11 is 0. The Morgan fingerprint density at radius 2 is 2.17 bits per heavy atom. The van der Waals surface area contributed by atoms with Crippen molar-refractivity contribution >= 4 is 14.0 Å². The summed E-state index contributed by atoms with van der Waals surface area (Å²) in [5.41, 5.74) is 0. The van der Waals surface area contributed by atoms with Crippen LogP contribution in [0.15, 0.2) is 12.7 Å². The monoisotopic (exact) mass is 186 g/mol. The third kappa shape index (κ3) is 5.13. The molecule has 0 unspecified atom stereocenters. The molecule has 0 heterocycles. The van der Waals surface area contributed by atoms with Gasteiger partial charge in [0.25, 0.3) is 0 Å². The van der Waals surface area contributed by atoms with Gasteiger partial charge in [-0.15, -0.1) is 6.58 Å². The summed E-state index contributed by atoms with van der Waals surface area (Å²) in [4.78, 5) is 11.1. The Balaban J connectivity index is 3.87. The third-order valence-corrected chi connectivity index (χ3v) is 4.26. The molecule has 0 aliphatic carbocycles. The van der Waals surface area contributed by atoms with Gasteiger partial charge in [0, 0.05) is 6.04 Å². The Labute approximate surface area is 75.6 Å². The first-order valence-corrected chi connectivity index (χ1v) is 7.70. The van der Waals surface area contributed by atoms with Crippen molar-refractivity contribution in [3.05, 3.63) is 12.7 Å². The van der Waals surface area contributed by atoms with E-state index < -0.39 is 8.07 Å². The van der Waals surface area contributed by atoms with E-state index in [-0.39, 0.29) is 5.97 Å². The van der Waals surface area contributed by atoms with E-state index in [1.165, 1.54) is 0 Å². The van der Waals surface area contributed by atoms with Crippen molar-refractivity contribution in [2.45, 2.75) is 32.1 Å². The van der Waals surface area contributed by atoms with Crippen molar-refractivity contribution in [2.24, 2.45) is 0 Å². The molecule has 0 N–H and O–H groups in total. The lowest BCUT2D eigenvalue weighted by molar-refractivity contribution is -0.140. The van der Waals surface area contributed by atoms with Crippen LogP contribution in [0, 0.1) is 0 Å². The first kappa shape index (κ1) is 11.4. The van der Waals surface area contributed by atoms with Gasteiger partial charge in [0.2, 0.25) is 0 Å². The average molecular weight is 186 g/mol. The number of hydrogen-bond acceptors (Lipinski definition) is 2. The second-order valence-corrected chi connectivity index (χ2v) is 8.73. The summed E-state index contributed by atoms with van der Waals surface area (Å²) in [6.07, 6.45) is 1.89. The zero-order chi connectivity index (χ0) is 9.61. The Kier molecular flexibility index (Phi) is 4.89. The summed E-state index contributed by atoms with van der Waals surface area (Å²) < 4.78 is 4.89. The molecule has 0 atom stereocenters. The summed E-state index contributed by atoms with van der Waals surface area (Å²) in [5.74, 6) is -0.0592. The van der Waals surface area contributed by atoms with Gasteiger partial charge in [-0.05, 0) is 13.0 Å². The molecule has 0 spiro atoms. The normalized spacial score (nSPS) is 10.9. The van der Waals surface area contributed by atoms with Crippen molar-refractivity contribution in [1.82, 2.24) is 0 Å². The number of ether oxygens (including phenoxy) is 1. The summed E-state index contributed by atoms with van der Waals surface area (Å²) in [5, 5.41) is 0. The zero-order valence-corrected chi connectivity index (χ0v) is 9.22. The van der Waals surface area contributed by atoms with Crippen LogP contribution in [0.4, 0.5) is 0 Å². The lowest BCUT2D eigenvalue weighted by Gasteiger charge is -2.18. The standard InChI is InChI=1S/C9H18O2Si/c1-5-7-12(3,4)8-9(10)11-6-2/h5H,1,6-8H2,2-4H3. The molecule has 0 radical (unpaired) electrons. The van der Waals surface area contributed by atoms with Gasteiger partial charge in [0.15, 0.2) is 0 Å². The van der Waals surface area contributed by atoms with E-state index >= 15 is 0 Å². The molecule has 3 heteroatoms. The van der Waals surface area contributed by atoms with Crippen LogP contribution in [-0.4, -0.2) is 20.7 Å². The fourth-order valence-electron chi connectivity index (χ4n) is 1.07. The van der Waals surface area contributed by atoms with E-state index in [9.17, 15) is 4.79 Å². The van der Waals surface area contributed by atoms with Crippen LogP contribution in [0.3, 0.4) is 0 Å². The van der Waals surface area contributed by atoms with Crippen LogP contribution in [0.1, 0.15) is 6.92 Å². The van der Waals surface area contributed by atoms with E-state index in [1.54, 1.807) is 0 Å². The Morgan fingerprint density at radius 1 is 1.58 bits per heavy atom. The van der Waals surface area contributed by atoms with Gasteiger partial charge in [0.1, 0.15) is 0 Å². The second-order valence-electron chi connectivity index (χ2n) is 3.64. The minimum Gasteiger partial charge on any atom is -0.466 e. The van der Waals surface area contributed by atoms with Gasteiger partial charge < -0.3 is 4.74 Å². The molecule has 0 amide bonds. The highest BCUT2D eigenvalue weighted by molar-refractivity contribution is 6.80. The highest BCUT2D eigenvalue weighted by Gasteiger charge is 2.23. The largest absolute Gasteiger partial charge is 0.466 e. The van der Waals surface area contributed by atoms with E-state index in [4.69, 9.17) is 4.74 Å². The fourth-order valence-corrected chi connectivity index (χ4v) is 2.88. The highest BCUT2D eigenvalue weighted by atomic mass is 28.3. The van der Waals surface area contributed by atoms with Gasteiger partial charge in [-0.3, -0.25) is 4.79 Å². The maximum absolute atomic E-state index is 11.1. The van der Waals surface area contributed by atoms with Gasteiger partial charge in [-0.2, -0.15) is 0 Å². The number of carbonyl (C=O) groups is 1. The van der Waals surface area contributed by atoms with Crippen LogP contribution in [0.25, 0.3) is 0 Å². The first-order valence-electron chi connectivity index (χ1n) is 4.28. The second kappa shape index (κ2) is 5.14. The van der Waals surface area contributed by atoms with Gasteiger partial charge >= 0.3 is 5.97 Å². The zero-order valence-electron chi connectivity index (χ0n) is 8.22. The molecule has 0 saturated carbocycles. The molecule has 0 bridgehead atoms. The number of rotatable bonds is 5. The van der Waals surface area contributed by atoms with Crippen molar-refractivity contribution in [1.29, 1.82) is 0 Å². The van der Waals surface area contributed by atoms with Crippen molar-refractivity contribution in [3.8, 4) is 0 Å². The smallest absolute Gasteiger partial charge is 0.303 e. The molecule has 0 aromatic heterocycles. The lowest BCUT2D eigenvalue weighted by Crippen LogP contribution is -2.28. The van der Waals surface area contributed by atoms with Crippen LogP contribution < -0.4 is 0 Å². The molecule has 12 heavy (non-hydrogen) atoms. The molecule has 0 aliphatic rings. The molecule has 0 fully saturated rings. The lowest BCUT2D eigenvalue weighted by atomic mass is 10.7. The minimum absolute atomic E-state index is 0.0592. The Bertz CT molecular complexity index is 164. The molecule has 2 nitrogen and oxygen atoms in total. The SMILES string of the molecule is C=CC[Si](C)(C)CC(=O)OCC. The van der Waals surface area contributed by atoms with Gasteiger partial charge in [0.05, 0.1) is 14.7 Å². The fraction of sp³-hybridized carbons (Fsp3) is 0.667. The van der Waals surface area contributed by atoms with E-state index in [1.807, 2.05) is 13.0 Å². The summed E-state index contributed by atoms with van der Waals surface area (Å²) in [6, 6.07) is 1.58. The average Bonchev–Trinajstić information content (AvgIpc) is 1.85. The van der Waals surface area contributed by atoms with Crippen LogP contribution in [0.2, 0.25) is 25.2 Å². The van der Waals surface area contributed by atoms with Gasteiger partial charge in [-0.25, -0.2) is 0 Å². The van der Waals surface area contributed by atoms with Crippen molar-refractivity contribution in [3.63, 3.8) is 0 Å². The van der Waals surface area contributed by atoms with Crippen LogP contribution >= 0.6 is 0 Å². The maximum Gasteiger partial charge on any atom is 0.303 e. The topological polar surface area (TPSA) is 26.3 Å². The number of carbonyl (C=O) groups excluding carboxylic acids is 1. The maximum atomic E-state index is 11.1. The predicted octanol–water partition coefficient (Wildman–Crippen LogP) is 2.44. The number of hydrogen-bond donors (Lipinski definition) is 0. The molecule has 0 aromatic rings. The van der Waals surface area contributed by atoms with Gasteiger partial charge in [-0.1, -0.05) is 19.2 Å². The van der Waals surface area contributed by atoms with E-state index in [0.29, 0.717) is 12.7 Å². The van der Waals surface area contributed by atoms with Crippen molar-refractivity contribution in [2.75, 3.05) is 6.61 Å². The molecule has 0 aromatic carbocycles. The van der Waals surface area contributed by atoms with Crippen LogP contribution in [-0.2, 0) is 9.53 Å². The molecule has 0 saturated heterocycles. The Hall–Kier alpha value is -0.573. The molecular weight excluding hydrogens is 168 g/mol. The Morgan fingerprint density at radius 3 is 2.58 bits per heavy atom. The molecular formula is C9H18O2Si. The molecule has 0 aliphatic heterocycles. The molecule has 0 rings (SSSR count). The van der Waals surface area contributed by atoms with E-state index in [2.05, 4.69) is 19.7 Å². The van der Waals surface area contributed by atoms with Crippen molar-refractivity contribution < 1.29 is 9.53 Å². The number of esters is 1. The number of allylic oxidation sites excluding steroid dienone is 1. The highest BCUT2D eigenvalue weighted by Crippen LogP contribution is 2.15. The summed E-state index contributed by atoms with van der Waals surface area (Å²) in [6.45, 7) is 10.3.